The van der Waals surface area contributed by atoms with E-state index in [1.807, 2.05) is 6.07 Å². The summed E-state index contributed by atoms with van der Waals surface area (Å²) >= 11 is 0. The number of nitriles is 1. The van der Waals surface area contributed by atoms with Crippen molar-refractivity contribution in [3.05, 3.63) is 29.8 Å². The van der Waals surface area contributed by atoms with Crippen molar-refractivity contribution >= 4 is 5.97 Å². The third kappa shape index (κ3) is 3.31. The van der Waals surface area contributed by atoms with Gasteiger partial charge in [-0.15, -0.1) is 0 Å². The lowest BCUT2D eigenvalue weighted by molar-refractivity contribution is -0.136. The zero-order valence-electron chi connectivity index (χ0n) is 8.30. The van der Waals surface area contributed by atoms with Crippen LogP contribution in [-0.4, -0.2) is 17.2 Å². The van der Waals surface area contributed by atoms with E-state index < -0.39 is 12.1 Å². The van der Waals surface area contributed by atoms with Crippen LogP contribution in [0.5, 0.6) is 5.75 Å². The lowest BCUT2D eigenvalue weighted by Crippen LogP contribution is -2.11. The topological polar surface area (TPSA) is 70.3 Å². The number of carbonyl (C=O) groups is 1. The van der Waals surface area contributed by atoms with Crippen molar-refractivity contribution in [2.24, 2.45) is 0 Å². The summed E-state index contributed by atoms with van der Waals surface area (Å²) in [5.41, 5.74) is 0.576. The van der Waals surface area contributed by atoms with Crippen LogP contribution in [-0.2, 0) is 11.2 Å². The van der Waals surface area contributed by atoms with Crippen LogP contribution in [0.1, 0.15) is 12.5 Å². The highest BCUT2D eigenvalue weighted by atomic mass is 16.5. The lowest BCUT2D eigenvalue weighted by atomic mass is 10.1. The summed E-state index contributed by atoms with van der Waals surface area (Å²) in [6.45, 7) is 1.61. The molecule has 78 valence electrons. The van der Waals surface area contributed by atoms with E-state index in [0.29, 0.717) is 11.3 Å². The number of aliphatic carboxylic acids is 1. The van der Waals surface area contributed by atoms with Crippen LogP contribution < -0.4 is 4.74 Å². The molecule has 0 radical (unpaired) electrons. The van der Waals surface area contributed by atoms with Crippen LogP contribution in [0.25, 0.3) is 0 Å². The number of hydrogen-bond acceptors (Lipinski definition) is 3. The van der Waals surface area contributed by atoms with Crippen molar-refractivity contribution in [2.75, 3.05) is 0 Å². The standard InChI is InChI=1S/C11H11NO3/c1-8(7-12)15-10-5-3-2-4-9(10)6-11(13)14/h2-5,8H,6H2,1H3,(H,13,14). The zero-order chi connectivity index (χ0) is 11.3. The number of rotatable bonds is 4. The Labute approximate surface area is 87.7 Å². The summed E-state index contributed by atoms with van der Waals surface area (Å²) in [6, 6.07) is 8.74. The monoisotopic (exact) mass is 205 g/mol. The van der Waals surface area contributed by atoms with Gasteiger partial charge in [-0.3, -0.25) is 4.79 Å². The fourth-order valence-corrected chi connectivity index (χ4v) is 1.14. The molecule has 1 aromatic rings. The number of hydrogen-bond donors (Lipinski definition) is 1. The molecule has 0 heterocycles. The molecule has 0 aliphatic carbocycles. The van der Waals surface area contributed by atoms with Gasteiger partial charge in [0.25, 0.3) is 0 Å². The minimum atomic E-state index is -0.921. The van der Waals surface area contributed by atoms with Gasteiger partial charge < -0.3 is 9.84 Å². The van der Waals surface area contributed by atoms with E-state index in [-0.39, 0.29) is 6.42 Å². The Bertz CT molecular complexity index is 395. The molecule has 15 heavy (non-hydrogen) atoms. The summed E-state index contributed by atoms with van der Waals surface area (Å²) in [5.74, 6) is -0.468. The molecule has 0 amide bonds. The number of para-hydroxylation sites is 1. The Balaban J connectivity index is 2.87. The van der Waals surface area contributed by atoms with E-state index in [0.717, 1.165) is 0 Å². The Morgan fingerprint density at radius 2 is 2.27 bits per heavy atom. The van der Waals surface area contributed by atoms with E-state index in [9.17, 15) is 4.79 Å². The Hall–Kier alpha value is -2.02. The highest BCUT2D eigenvalue weighted by Crippen LogP contribution is 2.19. The number of ether oxygens (including phenoxy) is 1. The number of carboxylic acid groups (broad SMARTS) is 1. The molecule has 1 rings (SSSR count). The van der Waals surface area contributed by atoms with Crippen LogP contribution in [0.2, 0.25) is 0 Å². The van der Waals surface area contributed by atoms with Gasteiger partial charge >= 0.3 is 5.97 Å². The molecular weight excluding hydrogens is 194 g/mol. The molecule has 1 atom stereocenters. The van der Waals surface area contributed by atoms with Crippen molar-refractivity contribution in [3.8, 4) is 11.8 Å². The second-order valence-electron chi connectivity index (χ2n) is 3.07. The minimum Gasteiger partial charge on any atom is -0.481 e. The van der Waals surface area contributed by atoms with Crippen molar-refractivity contribution in [1.82, 2.24) is 0 Å². The summed E-state index contributed by atoms with van der Waals surface area (Å²) in [5, 5.41) is 17.2. The number of carboxylic acids is 1. The van der Waals surface area contributed by atoms with Gasteiger partial charge in [0.15, 0.2) is 6.10 Å². The molecule has 0 spiro atoms. The first kappa shape index (κ1) is 11.1. The van der Waals surface area contributed by atoms with Crippen molar-refractivity contribution in [2.45, 2.75) is 19.4 Å². The molecular formula is C11H11NO3. The molecule has 0 saturated carbocycles. The normalized spacial score (nSPS) is 11.5. The third-order valence-electron chi connectivity index (χ3n) is 1.80. The average molecular weight is 205 g/mol. The first-order chi connectivity index (χ1) is 7.13. The summed E-state index contributed by atoms with van der Waals surface area (Å²) in [6.07, 6.45) is -0.686. The maximum atomic E-state index is 10.6. The molecule has 4 heteroatoms. The summed E-state index contributed by atoms with van der Waals surface area (Å²) in [7, 11) is 0. The highest BCUT2D eigenvalue weighted by Gasteiger charge is 2.09. The van der Waals surface area contributed by atoms with E-state index in [2.05, 4.69) is 0 Å². The molecule has 4 nitrogen and oxygen atoms in total. The van der Waals surface area contributed by atoms with Crippen molar-refractivity contribution in [1.29, 1.82) is 5.26 Å². The van der Waals surface area contributed by atoms with Gasteiger partial charge in [0.05, 0.1) is 6.42 Å². The van der Waals surface area contributed by atoms with Gasteiger partial charge in [0, 0.05) is 5.56 Å². The summed E-state index contributed by atoms with van der Waals surface area (Å²) < 4.78 is 5.27. The van der Waals surface area contributed by atoms with Crippen molar-refractivity contribution < 1.29 is 14.6 Å². The lowest BCUT2D eigenvalue weighted by Gasteiger charge is -2.11. The third-order valence-corrected chi connectivity index (χ3v) is 1.80. The molecule has 0 fully saturated rings. The molecule has 0 saturated heterocycles. The fraction of sp³-hybridized carbons (Fsp3) is 0.273. The average Bonchev–Trinajstić information content (AvgIpc) is 2.20. The molecule has 1 N–H and O–H groups in total. The minimum absolute atomic E-state index is 0.103. The zero-order valence-corrected chi connectivity index (χ0v) is 8.30. The quantitative estimate of drug-likeness (QED) is 0.810. The predicted octanol–water partition coefficient (Wildman–Crippen LogP) is 1.60. The van der Waals surface area contributed by atoms with Gasteiger partial charge in [-0.1, -0.05) is 18.2 Å². The number of nitrogens with zero attached hydrogens (tertiary/aromatic N) is 1. The van der Waals surface area contributed by atoms with Crippen LogP contribution in [0.3, 0.4) is 0 Å². The molecule has 1 unspecified atom stereocenters. The maximum Gasteiger partial charge on any atom is 0.307 e. The van der Waals surface area contributed by atoms with E-state index >= 15 is 0 Å². The van der Waals surface area contributed by atoms with Gasteiger partial charge in [-0.2, -0.15) is 5.26 Å². The predicted molar refractivity (Wildman–Crippen MR) is 53.5 cm³/mol. The van der Waals surface area contributed by atoms with E-state index in [4.69, 9.17) is 15.1 Å². The summed E-state index contributed by atoms with van der Waals surface area (Å²) in [4.78, 5) is 10.6. The van der Waals surface area contributed by atoms with Crippen LogP contribution in [0.15, 0.2) is 24.3 Å². The van der Waals surface area contributed by atoms with E-state index in [1.54, 1.807) is 31.2 Å². The van der Waals surface area contributed by atoms with Crippen molar-refractivity contribution in [3.63, 3.8) is 0 Å². The molecule has 1 aromatic carbocycles. The Kier molecular flexibility index (Phi) is 3.69. The first-order valence-corrected chi connectivity index (χ1v) is 4.49. The largest absolute Gasteiger partial charge is 0.481 e. The van der Waals surface area contributed by atoms with Crippen LogP contribution >= 0.6 is 0 Å². The maximum absolute atomic E-state index is 10.6. The second kappa shape index (κ2) is 5.01. The van der Waals surface area contributed by atoms with Crippen LogP contribution in [0, 0.1) is 11.3 Å². The molecule has 0 aliphatic rings. The van der Waals surface area contributed by atoms with Gasteiger partial charge in [0.1, 0.15) is 11.8 Å². The molecule has 0 bridgehead atoms. The Morgan fingerprint density at radius 1 is 1.60 bits per heavy atom. The van der Waals surface area contributed by atoms with E-state index in [1.165, 1.54) is 0 Å². The fourth-order valence-electron chi connectivity index (χ4n) is 1.14. The number of benzene rings is 1. The Morgan fingerprint density at radius 3 is 2.87 bits per heavy atom. The van der Waals surface area contributed by atoms with Gasteiger partial charge in [0.2, 0.25) is 0 Å². The van der Waals surface area contributed by atoms with Gasteiger partial charge in [-0.05, 0) is 13.0 Å². The first-order valence-electron chi connectivity index (χ1n) is 4.49. The molecule has 0 aliphatic heterocycles. The van der Waals surface area contributed by atoms with Crippen LogP contribution in [0.4, 0.5) is 0 Å². The second-order valence-corrected chi connectivity index (χ2v) is 3.07. The SMILES string of the molecule is CC(C#N)Oc1ccccc1CC(=O)O. The smallest absolute Gasteiger partial charge is 0.307 e. The molecule has 0 aromatic heterocycles. The van der Waals surface area contributed by atoms with Gasteiger partial charge in [-0.25, -0.2) is 0 Å². The highest BCUT2D eigenvalue weighted by molar-refractivity contribution is 5.71.